The summed E-state index contributed by atoms with van der Waals surface area (Å²) in [7, 11) is 0. The highest BCUT2D eigenvalue weighted by Gasteiger charge is 2.23. The van der Waals surface area contributed by atoms with E-state index in [0.717, 1.165) is 12.2 Å². The van der Waals surface area contributed by atoms with Crippen LogP contribution in [-0.2, 0) is 13.0 Å². The third-order valence-corrected chi connectivity index (χ3v) is 3.97. The molecule has 1 N–H and O–H groups in total. The Morgan fingerprint density at radius 1 is 1.33 bits per heavy atom. The molecule has 0 aliphatic carbocycles. The predicted octanol–water partition coefficient (Wildman–Crippen LogP) is 3.52. The van der Waals surface area contributed by atoms with Gasteiger partial charge in [0.25, 0.3) is 0 Å². The van der Waals surface area contributed by atoms with E-state index in [2.05, 4.69) is 13.0 Å². The normalized spacial score (nSPS) is 16.4. The maximum Gasteiger partial charge on any atom is 0.137 e. The van der Waals surface area contributed by atoms with Crippen LogP contribution in [0, 0.1) is 6.92 Å². The zero-order valence-corrected chi connectivity index (χ0v) is 12.6. The summed E-state index contributed by atoms with van der Waals surface area (Å²) < 4.78 is 11.7. The smallest absolute Gasteiger partial charge is 0.137 e. The lowest BCUT2D eigenvalue weighted by Crippen LogP contribution is -2.22. The summed E-state index contributed by atoms with van der Waals surface area (Å²) in [4.78, 5) is 0. The lowest BCUT2D eigenvalue weighted by atomic mass is 10.1. The van der Waals surface area contributed by atoms with E-state index in [4.69, 9.17) is 21.1 Å². The van der Waals surface area contributed by atoms with Crippen molar-refractivity contribution in [3.05, 3.63) is 58.1 Å². The number of aliphatic hydroxyl groups excluding tert-OH is 1. The summed E-state index contributed by atoms with van der Waals surface area (Å²) in [5.74, 6) is 1.54. The standard InChI is InChI=1S/C17H17ClO3/c1-11-5-6-16-12(7-11)8-13(21-16)10-20-17-4-2-3-15(18)14(17)9-19/h2-7,13,19H,8-10H2,1H3. The second kappa shape index (κ2) is 5.96. The first-order valence-corrected chi connectivity index (χ1v) is 7.32. The van der Waals surface area contributed by atoms with Crippen LogP contribution in [0.15, 0.2) is 36.4 Å². The molecule has 1 heterocycles. The van der Waals surface area contributed by atoms with Gasteiger partial charge in [-0.15, -0.1) is 0 Å². The second-order valence-corrected chi connectivity index (χ2v) is 5.65. The van der Waals surface area contributed by atoms with Gasteiger partial charge < -0.3 is 14.6 Å². The minimum atomic E-state index is -0.139. The highest BCUT2D eigenvalue weighted by atomic mass is 35.5. The van der Waals surface area contributed by atoms with Gasteiger partial charge in [-0.25, -0.2) is 0 Å². The number of hydrogen-bond donors (Lipinski definition) is 1. The van der Waals surface area contributed by atoms with Crippen LogP contribution in [0.3, 0.4) is 0 Å². The van der Waals surface area contributed by atoms with E-state index in [1.54, 1.807) is 6.07 Å². The van der Waals surface area contributed by atoms with Crippen LogP contribution in [0.1, 0.15) is 16.7 Å². The molecular weight excluding hydrogens is 288 g/mol. The molecule has 0 saturated carbocycles. The molecule has 0 bridgehead atoms. The minimum absolute atomic E-state index is 0.00711. The molecule has 1 unspecified atom stereocenters. The zero-order chi connectivity index (χ0) is 14.8. The van der Waals surface area contributed by atoms with Gasteiger partial charge in [0.2, 0.25) is 0 Å². The van der Waals surface area contributed by atoms with Crippen LogP contribution in [0.5, 0.6) is 11.5 Å². The van der Waals surface area contributed by atoms with Crippen LogP contribution in [0.2, 0.25) is 5.02 Å². The zero-order valence-electron chi connectivity index (χ0n) is 11.8. The first-order valence-electron chi connectivity index (χ1n) is 6.94. The molecule has 1 atom stereocenters. The van der Waals surface area contributed by atoms with Crippen molar-refractivity contribution in [2.24, 2.45) is 0 Å². The SMILES string of the molecule is Cc1ccc2c(c1)CC(COc1cccc(Cl)c1CO)O2. The van der Waals surface area contributed by atoms with E-state index >= 15 is 0 Å². The summed E-state index contributed by atoms with van der Waals surface area (Å²) >= 11 is 6.04. The number of ether oxygens (including phenoxy) is 2. The molecule has 0 radical (unpaired) electrons. The number of halogens is 1. The maximum atomic E-state index is 9.37. The van der Waals surface area contributed by atoms with Crippen LogP contribution < -0.4 is 9.47 Å². The molecule has 0 aromatic heterocycles. The Labute approximate surface area is 129 Å². The largest absolute Gasteiger partial charge is 0.489 e. The van der Waals surface area contributed by atoms with Gasteiger partial charge in [0.1, 0.15) is 24.2 Å². The molecule has 3 nitrogen and oxygen atoms in total. The lowest BCUT2D eigenvalue weighted by molar-refractivity contribution is 0.146. The Bertz CT molecular complexity index is 654. The molecule has 0 amide bonds. The van der Waals surface area contributed by atoms with E-state index in [1.807, 2.05) is 24.3 Å². The lowest BCUT2D eigenvalue weighted by Gasteiger charge is -2.15. The van der Waals surface area contributed by atoms with Crippen molar-refractivity contribution in [1.29, 1.82) is 0 Å². The third-order valence-electron chi connectivity index (χ3n) is 3.62. The van der Waals surface area contributed by atoms with Crippen molar-refractivity contribution >= 4 is 11.6 Å². The summed E-state index contributed by atoms with van der Waals surface area (Å²) in [5, 5.41) is 9.88. The number of fused-ring (bicyclic) bond motifs is 1. The van der Waals surface area contributed by atoms with Crippen molar-refractivity contribution in [2.45, 2.75) is 26.1 Å². The van der Waals surface area contributed by atoms with E-state index in [-0.39, 0.29) is 12.7 Å². The first kappa shape index (κ1) is 14.2. The van der Waals surface area contributed by atoms with Gasteiger partial charge in [-0.2, -0.15) is 0 Å². The van der Waals surface area contributed by atoms with Crippen LogP contribution >= 0.6 is 11.6 Å². The molecule has 1 aliphatic heterocycles. The van der Waals surface area contributed by atoms with Gasteiger partial charge in [0.05, 0.1) is 6.61 Å². The number of rotatable bonds is 4. The number of aryl methyl sites for hydroxylation is 1. The fourth-order valence-electron chi connectivity index (χ4n) is 2.55. The van der Waals surface area contributed by atoms with E-state index < -0.39 is 0 Å². The fraction of sp³-hybridized carbons (Fsp3) is 0.294. The fourth-order valence-corrected chi connectivity index (χ4v) is 2.78. The van der Waals surface area contributed by atoms with Gasteiger partial charge in [0, 0.05) is 17.0 Å². The molecular formula is C17H17ClO3. The molecule has 21 heavy (non-hydrogen) atoms. The topological polar surface area (TPSA) is 38.7 Å². The van der Waals surface area contributed by atoms with Crippen molar-refractivity contribution in [2.75, 3.05) is 6.61 Å². The Balaban J connectivity index is 1.66. The summed E-state index contributed by atoms with van der Waals surface area (Å²) in [6.07, 6.45) is 0.832. The summed E-state index contributed by atoms with van der Waals surface area (Å²) in [6.45, 7) is 2.37. The van der Waals surface area contributed by atoms with Gasteiger partial charge in [-0.1, -0.05) is 35.4 Å². The maximum absolute atomic E-state index is 9.37. The molecule has 0 spiro atoms. The van der Waals surface area contributed by atoms with E-state index in [0.29, 0.717) is 22.9 Å². The summed E-state index contributed by atoms with van der Waals surface area (Å²) in [5.41, 5.74) is 3.07. The van der Waals surface area contributed by atoms with Crippen LogP contribution in [-0.4, -0.2) is 17.8 Å². The highest BCUT2D eigenvalue weighted by Crippen LogP contribution is 2.31. The van der Waals surface area contributed by atoms with Gasteiger partial charge in [0.15, 0.2) is 0 Å². The third kappa shape index (κ3) is 2.99. The molecule has 4 heteroatoms. The molecule has 110 valence electrons. The van der Waals surface area contributed by atoms with Crippen molar-refractivity contribution < 1.29 is 14.6 Å². The van der Waals surface area contributed by atoms with E-state index in [9.17, 15) is 5.11 Å². The quantitative estimate of drug-likeness (QED) is 0.939. The first-order chi connectivity index (χ1) is 10.2. The number of hydrogen-bond acceptors (Lipinski definition) is 3. The second-order valence-electron chi connectivity index (χ2n) is 5.24. The van der Waals surface area contributed by atoms with Gasteiger partial charge >= 0.3 is 0 Å². The molecule has 2 aromatic rings. The van der Waals surface area contributed by atoms with Crippen LogP contribution in [0.4, 0.5) is 0 Å². The average molecular weight is 305 g/mol. The average Bonchev–Trinajstić information content (AvgIpc) is 2.87. The molecule has 0 saturated heterocycles. The van der Waals surface area contributed by atoms with Crippen LogP contribution in [0.25, 0.3) is 0 Å². The molecule has 0 fully saturated rings. The molecule has 3 rings (SSSR count). The Hall–Kier alpha value is -1.71. The number of benzene rings is 2. The summed E-state index contributed by atoms with van der Waals surface area (Å²) in [6, 6.07) is 11.6. The monoisotopic (exact) mass is 304 g/mol. The Morgan fingerprint density at radius 2 is 2.19 bits per heavy atom. The van der Waals surface area contributed by atoms with Crippen molar-refractivity contribution in [1.82, 2.24) is 0 Å². The Morgan fingerprint density at radius 3 is 3.00 bits per heavy atom. The highest BCUT2D eigenvalue weighted by molar-refractivity contribution is 6.31. The predicted molar refractivity (Wildman–Crippen MR) is 82.2 cm³/mol. The van der Waals surface area contributed by atoms with E-state index in [1.165, 1.54) is 11.1 Å². The van der Waals surface area contributed by atoms with Gasteiger partial charge in [-0.05, 0) is 30.7 Å². The number of aliphatic hydroxyl groups is 1. The van der Waals surface area contributed by atoms with Crippen molar-refractivity contribution in [3.63, 3.8) is 0 Å². The van der Waals surface area contributed by atoms with Crippen molar-refractivity contribution in [3.8, 4) is 11.5 Å². The van der Waals surface area contributed by atoms with Gasteiger partial charge in [-0.3, -0.25) is 0 Å². The Kier molecular flexibility index (Phi) is 4.04. The molecule has 1 aliphatic rings. The molecule has 2 aromatic carbocycles. The minimum Gasteiger partial charge on any atom is -0.489 e.